The number of nitrogens with zero attached hydrogens (tertiary/aromatic N) is 1. The predicted octanol–water partition coefficient (Wildman–Crippen LogP) is 2.95. The third-order valence-corrected chi connectivity index (χ3v) is 6.28. The van der Waals surface area contributed by atoms with Gasteiger partial charge in [-0.15, -0.1) is 0 Å². The Hall–Kier alpha value is -0.860. The van der Waals surface area contributed by atoms with Crippen molar-refractivity contribution in [3.05, 3.63) is 34.9 Å². The van der Waals surface area contributed by atoms with Crippen LogP contribution in [0.3, 0.4) is 0 Å². The first kappa shape index (κ1) is 13.8. The molecule has 3 fully saturated rings. The number of hydrogen-bond donors (Lipinski definition) is 1. The summed E-state index contributed by atoms with van der Waals surface area (Å²) in [6, 6.07) is 7.29. The van der Waals surface area contributed by atoms with Crippen molar-refractivity contribution in [1.82, 2.24) is 4.90 Å². The molecule has 3 saturated heterocycles. The van der Waals surface area contributed by atoms with Crippen LogP contribution in [-0.2, 0) is 12.8 Å². The predicted molar refractivity (Wildman–Crippen MR) is 87.5 cm³/mol. The summed E-state index contributed by atoms with van der Waals surface area (Å²) >= 11 is 0. The summed E-state index contributed by atoms with van der Waals surface area (Å²) in [5, 5.41) is 0. The molecule has 2 bridgehead atoms. The highest BCUT2D eigenvalue weighted by atomic mass is 15.1. The van der Waals surface area contributed by atoms with E-state index >= 15 is 0 Å². The maximum atomic E-state index is 6.22. The van der Waals surface area contributed by atoms with Gasteiger partial charge in [0.05, 0.1) is 0 Å². The third kappa shape index (κ3) is 2.53. The SMILES string of the molecule is NCC(c1ccc2c(c1)CCCC2)C1CN2CCC1CC2. The van der Waals surface area contributed by atoms with Crippen LogP contribution in [0.2, 0.25) is 0 Å². The highest BCUT2D eigenvalue weighted by molar-refractivity contribution is 5.36. The first-order valence-electron chi connectivity index (χ1n) is 8.89. The normalized spacial score (nSPS) is 32.7. The molecule has 21 heavy (non-hydrogen) atoms. The van der Waals surface area contributed by atoms with Gasteiger partial charge in [0.2, 0.25) is 0 Å². The Kier molecular flexibility index (Phi) is 3.76. The molecular formula is C19H28N2. The molecule has 5 rings (SSSR count). The molecule has 2 N–H and O–H groups in total. The number of benzene rings is 1. The molecule has 0 saturated carbocycles. The Morgan fingerprint density at radius 1 is 1.10 bits per heavy atom. The summed E-state index contributed by atoms with van der Waals surface area (Å²) in [6.45, 7) is 4.74. The molecule has 114 valence electrons. The van der Waals surface area contributed by atoms with Gasteiger partial charge in [-0.2, -0.15) is 0 Å². The minimum Gasteiger partial charge on any atom is -0.330 e. The van der Waals surface area contributed by atoms with Gasteiger partial charge in [-0.05, 0) is 86.7 Å². The highest BCUT2D eigenvalue weighted by Crippen LogP contribution is 2.41. The summed E-state index contributed by atoms with van der Waals surface area (Å²) in [4.78, 5) is 2.66. The Labute approximate surface area is 128 Å². The van der Waals surface area contributed by atoms with Gasteiger partial charge in [-0.1, -0.05) is 18.2 Å². The molecule has 2 heteroatoms. The van der Waals surface area contributed by atoms with E-state index in [0.29, 0.717) is 5.92 Å². The van der Waals surface area contributed by atoms with Gasteiger partial charge < -0.3 is 10.6 Å². The molecule has 2 atom stereocenters. The zero-order valence-electron chi connectivity index (χ0n) is 13.1. The zero-order valence-corrected chi connectivity index (χ0v) is 13.1. The van der Waals surface area contributed by atoms with Crippen molar-refractivity contribution in [1.29, 1.82) is 0 Å². The molecule has 3 aliphatic heterocycles. The van der Waals surface area contributed by atoms with Gasteiger partial charge in [-0.25, -0.2) is 0 Å². The maximum Gasteiger partial charge on any atom is 0.00187 e. The van der Waals surface area contributed by atoms with Crippen molar-refractivity contribution < 1.29 is 0 Å². The van der Waals surface area contributed by atoms with Crippen LogP contribution in [0.5, 0.6) is 0 Å². The lowest BCUT2D eigenvalue weighted by Gasteiger charge is -2.47. The molecule has 2 unspecified atom stereocenters. The molecule has 0 aromatic heterocycles. The van der Waals surface area contributed by atoms with Gasteiger partial charge >= 0.3 is 0 Å². The summed E-state index contributed by atoms with van der Waals surface area (Å²) in [5.74, 6) is 2.28. The summed E-state index contributed by atoms with van der Waals surface area (Å²) in [5.41, 5.74) is 11.0. The van der Waals surface area contributed by atoms with Crippen LogP contribution in [0.25, 0.3) is 0 Å². The van der Waals surface area contributed by atoms with Gasteiger partial charge in [-0.3, -0.25) is 0 Å². The second kappa shape index (κ2) is 5.73. The van der Waals surface area contributed by atoms with Gasteiger partial charge in [0.15, 0.2) is 0 Å². The summed E-state index contributed by atoms with van der Waals surface area (Å²) in [6.07, 6.45) is 8.08. The molecule has 1 aromatic rings. The van der Waals surface area contributed by atoms with E-state index in [-0.39, 0.29) is 0 Å². The molecule has 0 amide bonds. The van der Waals surface area contributed by atoms with Gasteiger partial charge in [0.1, 0.15) is 0 Å². The van der Waals surface area contributed by atoms with E-state index in [9.17, 15) is 0 Å². The average molecular weight is 284 g/mol. The number of nitrogens with two attached hydrogens (primary N) is 1. The molecular weight excluding hydrogens is 256 g/mol. The van der Waals surface area contributed by atoms with Crippen LogP contribution in [0.4, 0.5) is 0 Å². The minimum absolute atomic E-state index is 0.574. The van der Waals surface area contributed by atoms with E-state index in [1.54, 1.807) is 11.1 Å². The van der Waals surface area contributed by atoms with E-state index in [2.05, 4.69) is 23.1 Å². The Morgan fingerprint density at radius 2 is 1.86 bits per heavy atom. The number of piperidine rings is 3. The molecule has 4 aliphatic rings. The van der Waals surface area contributed by atoms with Crippen LogP contribution >= 0.6 is 0 Å². The van der Waals surface area contributed by atoms with Crippen molar-refractivity contribution in [2.45, 2.75) is 44.4 Å². The fourth-order valence-corrected chi connectivity index (χ4v) is 5.01. The van der Waals surface area contributed by atoms with E-state index in [1.807, 2.05) is 0 Å². The second-order valence-corrected chi connectivity index (χ2v) is 7.38. The fraction of sp³-hybridized carbons (Fsp3) is 0.684. The minimum atomic E-state index is 0.574. The first-order chi connectivity index (χ1) is 10.3. The molecule has 0 spiro atoms. The van der Waals surface area contributed by atoms with Crippen LogP contribution < -0.4 is 5.73 Å². The first-order valence-corrected chi connectivity index (χ1v) is 8.89. The van der Waals surface area contributed by atoms with Crippen LogP contribution in [0.15, 0.2) is 18.2 Å². The molecule has 1 aromatic carbocycles. The Bertz CT molecular complexity index is 502. The number of fused-ring (bicyclic) bond motifs is 4. The Balaban J connectivity index is 1.60. The second-order valence-electron chi connectivity index (χ2n) is 7.38. The lowest BCUT2D eigenvalue weighted by molar-refractivity contribution is 0.0379. The monoisotopic (exact) mass is 284 g/mol. The van der Waals surface area contributed by atoms with E-state index < -0.39 is 0 Å². The topological polar surface area (TPSA) is 29.3 Å². The molecule has 0 radical (unpaired) electrons. The number of hydrogen-bond acceptors (Lipinski definition) is 2. The average Bonchev–Trinajstić information content (AvgIpc) is 2.57. The number of rotatable bonds is 3. The van der Waals surface area contributed by atoms with Crippen molar-refractivity contribution in [3.63, 3.8) is 0 Å². The quantitative estimate of drug-likeness (QED) is 0.924. The standard InChI is InChI=1S/C19H28N2/c20-12-18(19-13-21-9-7-15(19)8-10-21)17-6-5-14-3-1-2-4-16(14)11-17/h5-6,11,15,18-19H,1-4,7-10,12-13,20H2. The number of aryl methyl sites for hydroxylation is 2. The largest absolute Gasteiger partial charge is 0.330 e. The zero-order chi connectivity index (χ0) is 14.2. The molecule has 3 heterocycles. The lowest BCUT2D eigenvalue weighted by atomic mass is 9.70. The van der Waals surface area contributed by atoms with Crippen LogP contribution in [0.1, 0.15) is 48.3 Å². The summed E-state index contributed by atoms with van der Waals surface area (Å²) < 4.78 is 0. The van der Waals surface area contributed by atoms with E-state index in [4.69, 9.17) is 5.73 Å². The van der Waals surface area contributed by atoms with E-state index in [1.165, 1.54) is 63.7 Å². The smallest absolute Gasteiger partial charge is 0.00187 e. The van der Waals surface area contributed by atoms with Crippen molar-refractivity contribution in [2.24, 2.45) is 17.6 Å². The molecule has 2 nitrogen and oxygen atoms in total. The van der Waals surface area contributed by atoms with Crippen LogP contribution in [-0.4, -0.2) is 31.1 Å². The lowest BCUT2D eigenvalue weighted by Crippen LogP contribution is -2.50. The molecule has 1 aliphatic carbocycles. The third-order valence-electron chi connectivity index (χ3n) is 6.28. The van der Waals surface area contributed by atoms with Crippen LogP contribution in [0, 0.1) is 11.8 Å². The van der Waals surface area contributed by atoms with Gasteiger partial charge in [0.25, 0.3) is 0 Å². The Morgan fingerprint density at radius 3 is 2.52 bits per heavy atom. The van der Waals surface area contributed by atoms with Gasteiger partial charge in [0, 0.05) is 12.5 Å². The highest BCUT2D eigenvalue weighted by Gasteiger charge is 2.38. The van der Waals surface area contributed by atoms with E-state index in [0.717, 1.165) is 18.4 Å². The van der Waals surface area contributed by atoms with Crippen molar-refractivity contribution in [3.8, 4) is 0 Å². The van der Waals surface area contributed by atoms with Crippen molar-refractivity contribution in [2.75, 3.05) is 26.2 Å². The maximum absolute atomic E-state index is 6.22. The van der Waals surface area contributed by atoms with Crippen molar-refractivity contribution >= 4 is 0 Å². The summed E-state index contributed by atoms with van der Waals surface area (Å²) in [7, 11) is 0. The fourth-order valence-electron chi connectivity index (χ4n) is 5.01.